The lowest BCUT2D eigenvalue weighted by Crippen LogP contribution is -2.36. The predicted octanol–water partition coefficient (Wildman–Crippen LogP) is 4.20. The molecule has 0 N–H and O–H groups in total. The van der Waals surface area contributed by atoms with E-state index in [4.69, 9.17) is 0 Å². The van der Waals surface area contributed by atoms with Crippen molar-refractivity contribution < 1.29 is 4.68 Å². The van der Waals surface area contributed by atoms with Crippen molar-refractivity contribution >= 4 is 28.2 Å². The first-order valence-electron chi connectivity index (χ1n) is 9.90. The van der Waals surface area contributed by atoms with Crippen LogP contribution in [0.5, 0.6) is 0 Å². The molecule has 0 amide bonds. The van der Waals surface area contributed by atoms with Crippen LogP contribution in [0, 0.1) is 0 Å². The lowest BCUT2D eigenvalue weighted by Gasteiger charge is -2.11. The number of para-hydroxylation sites is 1. The molecule has 0 saturated carbocycles. The Morgan fingerprint density at radius 1 is 0.793 bits per heavy atom. The Hall–Kier alpha value is -3.59. The van der Waals surface area contributed by atoms with E-state index in [9.17, 15) is 0 Å². The van der Waals surface area contributed by atoms with Gasteiger partial charge in [0.1, 0.15) is 11.0 Å². The molecule has 0 unspecified atom stereocenters. The maximum atomic E-state index is 2.32. The normalized spacial score (nSPS) is 12.2. The van der Waals surface area contributed by atoms with Gasteiger partial charge in [0.25, 0.3) is 0 Å². The Labute approximate surface area is 170 Å². The number of hydrogen-bond acceptors (Lipinski definition) is 1. The molecule has 0 atom stereocenters. The van der Waals surface area contributed by atoms with Crippen molar-refractivity contribution in [2.75, 3.05) is 19.0 Å². The topological polar surface area (TPSA) is 11.5 Å². The van der Waals surface area contributed by atoms with Gasteiger partial charge in [-0.2, -0.15) is 0 Å². The molecule has 5 aromatic rings. The van der Waals surface area contributed by atoms with Gasteiger partial charge < -0.3 is 4.90 Å². The standard InChI is InChI=1S/C26H24N3/c1-27(2)21-15-13-19(14-16-21)17-23-22-11-7-8-12-24(22)29-26(23)18-25(28(29)3)20-9-5-4-6-10-20/h4-18H,1-3H3/q+1. The van der Waals surface area contributed by atoms with Gasteiger partial charge >= 0.3 is 0 Å². The summed E-state index contributed by atoms with van der Waals surface area (Å²) in [4.78, 5) is 2.12. The smallest absolute Gasteiger partial charge is 0.239 e. The Balaban J connectivity index is 1.79. The third kappa shape index (κ3) is 2.87. The van der Waals surface area contributed by atoms with Crippen LogP contribution < -0.4 is 14.8 Å². The summed E-state index contributed by atoms with van der Waals surface area (Å²) in [5, 5.41) is 2.53. The van der Waals surface area contributed by atoms with Gasteiger partial charge in [-0.3, -0.25) is 0 Å². The molecule has 3 heteroatoms. The van der Waals surface area contributed by atoms with E-state index in [0.717, 1.165) is 0 Å². The van der Waals surface area contributed by atoms with Crippen LogP contribution in [0.1, 0.15) is 5.56 Å². The molecule has 0 radical (unpaired) electrons. The number of benzene rings is 3. The van der Waals surface area contributed by atoms with Gasteiger partial charge in [-0.15, -0.1) is 9.20 Å². The highest BCUT2D eigenvalue weighted by atomic mass is 15.3. The summed E-state index contributed by atoms with van der Waals surface area (Å²) in [7, 11) is 6.27. The predicted molar refractivity (Wildman–Crippen MR) is 121 cm³/mol. The van der Waals surface area contributed by atoms with Crippen molar-refractivity contribution in [1.82, 2.24) is 4.52 Å². The van der Waals surface area contributed by atoms with Gasteiger partial charge in [0.15, 0.2) is 7.05 Å². The first-order chi connectivity index (χ1) is 14.1. The average molecular weight is 378 g/mol. The Kier molecular flexibility index (Phi) is 4.09. The highest BCUT2D eigenvalue weighted by Gasteiger charge is 2.21. The minimum atomic E-state index is 1.21. The first-order valence-corrected chi connectivity index (χ1v) is 9.90. The highest BCUT2D eigenvalue weighted by Crippen LogP contribution is 2.21. The molecule has 0 spiro atoms. The van der Waals surface area contributed by atoms with Crippen LogP contribution in [0.3, 0.4) is 0 Å². The van der Waals surface area contributed by atoms with Gasteiger partial charge in [0.2, 0.25) is 5.69 Å². The molecule has 142 valence electrons. The molecule has 2 heterocycles. The molecule has 0 saturated heterocycles. The van der Waals surface area contributed by atoms with Crippen LogP contribution in [0.15, 0.2) is 84.9 Å². The zero-order chi connectivity index (χ0) is 20.0. The van der Waals surface area contributed by atoms with Crippen LogP contribution in [0.2, 0.25) is 0 Å². The molecular formula is C26H24N3+. The van der Waals surface area contributed by atoms with Crippen LogP contribution in [-0.4, -0.2) is 18.6 Å². The second kappa shape index (κ2) is 6.78. The third-order valence-electron chi connectivity index (χ3n) is 5.64. The minimum absolute atomic E-state index is 1.21. The van der Waals surface area contributed by atoms with Crippen LogP contribution >= 0.6 is 0 Å². The molecule has 0 fully saturated rings. The fraction of sp³-hybridized carbons (Fsp3) is 0.115. The number of aryl methyl sites for hydroxylation is 1. The first kappa shape index (κ1) is 17.5. The van der Waals surface area contributed by atoms with Crippen molar-refractivity contribution in [2.45, 2.75) is 0 Å². The summed E-state index contributed by atoms with van der Waals surface area (Å²) < 4.78 is 4.57. The van der Waals surface area contributed by atoms with Gasteiger partial charge in [0.05, 0.1) is 0 Å². The van der Waals surface area contributed by atoms with E-state index in [1.807, 2.05) is 0 Å². The summed E-state index contributed by atoms with van der Waals surface area (Å²) in [6.45, 7) is 0. The van der Waals surface area contributed by atoms with Crippen LogP contribution in [0.4, 0.5) is 5.69 Å². The zero-order valence-electron chi connectivity index (χ0n) is 17.0. The molecule has 0 bridgehead atoms. The van der Waals surface area contributed by atoms with E-state index in [2.05, 4.69) is 126 Å². The summed E-state index contributed by atoms with van der Waals surface area (Å²) in [5.41, 5.74) is 7.31. The number of hydrogen-bond donors (Lipinski definition) is 0. The SMILES string of the molecule is CN(C)c1ccc(/C=c2\c3ccccc3n3c2cc(-c2ccccc2)[n+]3C)cc1. The Morgan fingerprint density at radius 2 is 1.48 bits per heavy atom. The summed E-state index contributed by atoms with van der Waals surface area (Å²) in [5.74, 6) is 0. The van der Waals surface area contributed by atoms with E-state index < -0.39 is 0 Å². The Morgan fingerprint density at radius 3 is 2.21 bits per heavy atom. The second-order valence-corrected chi connectivity index (χ2v) is 7.68. The molecule has 0 aliphatic carbocycles. The number of anilines is 1. The maximum absolute atomic E-state index is 2.32. The fourth-order valence-corrected chi connectivity index (χ4v) is 4.13. The van der Waals surface area contributed by atoms with Crippen molar-refractivity contribution in [3.63, 3.8) is 0 Å². The number of aromatic nitrogens is 2. The van der Waals surface area contributed by atoms with E-state index in [1.165, 1.54) is 44.1 Å². The van der Waals surface area contributed by atoms with E-state index in [0.29, 0.717) is 0 Å². The largest absolute Gasteiger partial charge is 0.378 e. The van der Waals surface area contributed by atoms with Crippen LogP contribution in [-0.2, 0) is 7.05 Å². The number of nitrogens with zero attached hydrogens (tertiary/aromatic N) is 3. The highest BCUT2D eigenvalue weighted by molar-refractivity contribution is 5.90. The second-order valence-electron chi connectivity index (χ2n) is 7.68. The number of rotatable bonds is 3. The van der Waals surface area contributed by atoms with E-state index in [-0.39, 0.29) is 0 Å². The summed E-state index contributed by atoms with van der Waals surface area (Å²) >= 11 is 0. The van der Waals surface area contributed by atoms with Crippen molar-refractivity contribution in [3.05, 3.63) is 95.7 Å². The lowest BCUT2D eigenvalue weighted by molar-refractivity contribution is -0.725. The van der Waals surface area contributed by atoms with E-state index >= 15 is 0 Å². The van der Waals surface area contributed by atoms with Crippen molar-refractivity contribution in [2.24, 2.45) is 7.05 Å². The fourth-order valence-electron chi connectivity index (χ4n) is 4.13. The molecule has 3 nitrogen and oxygen atoms in total. The van der Waals surface area contributed by atoms with Gasteiger partial charge in [-0.1, -0.05) is 48.5 Å². The molecule has 5 rings (SSSR count). The summed E-state index contributed by atoms with van der Waals surface area (Å²) in [6, 6.07) is 30.2. The summed E-state index contributed by atoms with van der Waals surface area (Å²) in [6.07, 6.45) is 2.30. The zero-order valence-corrected chi connectivity index (χ0v) is 17.0. The average Bonchev–Trinajstić information content (AvgIpc) is 3.25. The molecule has 29 heavy (non-hydrogen) atoms. The van der Waals surface area contributed by atoms with Gasteiger partial charge in [0, 0.05) is 42.0 Å². The van der Waals surface area contributed by atoms with Crippen molar-refractivity contribution in [1.29, 1.82) is 0 Å². The molecule has 2 aromatic heterocycles. The molecule has 0 aliphatic heterocycles. The monoisotopic (exact) mass is 378 g/mol. The third-order valence-corrected chi connectivity index (χ3v) is 5.64. The Bertz CT molecular complexity index is 1360. The molecule has 3 aromatic carbocycles. The number of fused-ring (bicyclic) bond motifs is 3. The quantitative estimate of drug-likeness (QED) is 0.429. The maximum Gasteiger partial charge on any atom is 0.239 e. The molecular weight excluding hydrogens is 354 g/mol. The van der Waals surface area contributed by atoms with Crippen LogP contribution in [0.25, 0.3) is 33.8 Å². The van der Waals surface area contributed by atoms with E-state index in [1.54, 1.807) is 0 Å². The molecule has 0 aliphatic rings. The van der Waals surface area contributed by atoms with Crippen molar-refractivity contribution in [3.8, 4) is 11.3 Å². The van der Waals surface area contributed by atoms with Gasteiger partial charge in [-0.05, 0) is 42.0 Å². The lowest BCUT2D eigenvalue weighted by atomic mass is 10.1. The van der Waals surface area contributed by atoms with Gasteiger partial charge in [-0.25, -0.2) is 0 Å². The minimum Gasteiger partial charge on any atom is -0.378 e.